The molecule has 73 heavy (non-hydrogen) atoms. The lowest BCUT2D eigenvalue weighted by atomic mass is 9.82. The first-order valence-electron chi connectivity index (χ1n) is 26.4. The summed E-state index contributed by atoms with van der Waals surface area (Å²) in [5, 5.41) is 7.32. The first kappa shape index (κ1) is 53.4. The summed E-state index contributed by atoms with van der Waals surface area (Å²) in [7, 11) is 1.70. The molecule has 2 amide bonds. The van der Waals surface area contributed by atoms with Crippen LogP contribution in [0.2, 0.25) is 0 Å². The predicted molar refractivity (Wildman–Crippen MR) is 275 cm³/mol. The fourth-order valence-corrected chi connectivity index (χ4v) is 12.9. The van der Waals surface area contributed by atoms with Gasteiger partial charge < -0.3 is 33.6 Å². The number of carbonyl (C=O) groups is 3. The largest absolute Gasteiger partial charge is 0.464 e. The van der Waals surface area contributed by atoms with Gasteiger partial charge >= 0.3 is 5.97 Å². The molecule has 9 atom stereocenters. The summed E-state index contributed by atoms with van der Waals surface area (Å²) < 4.78 is 61.2. The van der Waals surface area contributed by atoms with Crippen molar-refractivity contribution in [1.82, 2.24) is 35.2 Å². The number of nitrogens with zero attached hydrogens (tertiary/aromatic N) is 5. The number of pyridine rings is 1. The lowest BCUT2D eigenvalue weighted by molar-refractivity contribution is -0.157. The summed E-state index contributed by atoms with van der Waals surface area (Å²) in [6.07, 6.45) is 0.747. The zero-order chi connectivity index (χ0) is 51.9. The minimum atomic E-state index is -2.86. The molecule has 4 fully saturated rings. The van der Waals surface area contributed by atoms with Crippen LogP contribution >= 0.6 is 11.3 Å². The molecule has 3 saturated heterocycles. The van der Waals surface area contributed by atoms with Crippen LogP contribution in [0.5, 0.6) is 0 Å². The number of rotatable bonds is 14. The van der Waals surface area contributed by atoms with Gasteiger partial charge in [-0.1, -0.05) is 40.7 Å². The van der Waals surface area contributed by atoms with Crippen LogP contribution in [0.15, 0.2) is 35.8 Å². The van der Waals surface area contributed by atoms with Gasteiger partial charge in [0.15, 0.2) is 0 Å². The Kier molecular flexibility index (Phi) is 16.4. The number of piperidine rings is 1. The monoisotopic (exact) mass is 1030 g/mol. The van der Waals surface area contributed by atoms with E-state index in [-0.39, 0.29) is 65.9 Å². The number of hydrogen-bond donors (Lipinski definition) is 2. The maximum absolute atomic E-state index is 14.8. The van der Waals surface area contributed by atoms with Gasteiger partial charge in [-0.3, -0.25) is 29.3 Å². The fourth-order valence-electron chi connectivity index (χ4n) is 12.0. The van der Waals surface area contributed by atoms with Crippen molar-refractivity contribution in [3.63, 3.8) is 0 Å². The van der Waals surface area contributed by atoms with Crippen molar-refractivity contribution in [3.8, 4) is 22.5 Å². The fraction of sp³-hybridized carbons (Fsp3) is 0.655. The Balaban J connectivity index is 1.21. The number of cyclic esters (lactones) is 1. The van der Waals surface area contributed by atoms with Gasteiger partial charge in [0.2, 0.25) is 5.91 Å². The Morgan fingerprint density at radius 1 is 1.08 bits per heavy atom. The second kappa shape index (κ2) is 22.4. The van der Waals surface area contributed by atoms with E-state index in [0.717, 1.165) is 83.7 Å². The van der Waals surface area contributed by atoms with E-state index in [4.69, 9.17) is 33.7 Å². The summed E-state index contributed by atoms with van der Waals surface area (Å²) >= 11 is 1.18. The van der Waals surface area contributed by atoms with Crippen LogP contribution in [0, 0.1) is 29.1 Å². The van der Waals surface area contributed by atoms with E-state index in [9.17, 15) is 23.2 Å². The molecule has 1 aliphatic carbocycles. The number of amides is 2. The predicted octanol–water partition coefficient (Wildman–Crippen LogP) is 8.50. The van der Waals surface area contributed by atoms with Crippen LogP contribution in [-0.4, -0.2) is 133 Å². The molecule has 3 aromatic heterocycles. The van der Waals surface area contributed by atoms with Crippen LogP contribution in [0.4, 0.5) is 8.78 Å². The highest BCUT2D eigenvalue weighted by Crippen LogP contribution is 2.51. The van der Waals surface area contributed by atoms with Crippen molar-refractivity contribution >= 4 is 40.0 Å². The van der Waals surface area contributed by atoms with Gasteiger partial charge in [-0.05, 0) is 112 Å². The van der Waals surface area contributed by atoms with Gasteiger partial charge in [-0.25, -0.2) is 19.2 Å². The molecule has 2 N–H and O–H groups in total. The van der Waals surface area contributed by atoms with Gasteiger partial charge in [0, 0.05) is 77.7 Å². The molecule has 9 rings (SSSR count). The lowest BCUT2D eigenvalue weighted by Gasteiger charge is -2.42. The highest BCUT2D eigenvalue weighted by Gasteiger charge is 2.54. The smallest absolute Gasteiger partial charge is 0.324 e. The van der Waals surface area contributed by atoms with Crippen LogP contribution < -0.4 is 10.7 Å². The lowest BCUT2D eigenvalue weighted by Crippen LogP contribution is -2.61. The Hall–Kier alpha value is -4.43. The standard InChI is InChI=1S/C55H75F2N7O8S/c1-30(2)45-32(5)46(45)51(65)60-48-50(71-27-44(56)57)52-59-42(28-73-52)35-12-13-43-38(22-35)40(24-55(7,8)29-72-54(67)41-11-10-15-64(61-41)53(48)66)49(63(43)18-20-70-31(3)4)39-23-36(25-58-47(39)33(6)68-9)34-14-16-62-17-19-69-26-37(62)21-34/h12-13,22-23,25,28,30-34,37,41,44-46,48,50,61H,10-11,14-21,24,26-27,29H2,1-9H3,(H,60,65)/t32-,33+,34-,37?,41+,45+,46-,48+,50+/m1/s1. The molecule has 1 aromatic carbocycles. The number of thiazole rings is 1. The number of hydrazine groups is 1. The summed E-state index contributed by atoms with van der Waals surface area (Å²) in [5.74, 6) is -1.19. The first-order valence-corrected chi connectivity index (χ1v) is 27.3. The molecule has 0 radical (unpaired) electrons. The van der Waals surface area contributed by atoms with Gasteiger partial charge in [0.25, 0.3) is 12.3 Å². The average molecular weight is 1030 g/mol. The van der Waals surface area contributed by atoms with Crippen LogP contribution in [0.25, 0.3) is 33.4 Å². The molecule has 4 aromatic rings. The maximum atomic E-state index is 14.8. The Labute approximate surface area is 432 Å². The second-order valence-electron chi connectivity index (χ2n) is 22.4. The van der Waals surface area contributed by atoms with Crippen molar-refractivity contribution in [2.45, 2.75) is 143 Å². The van der Waals surface area contributed by atoms with E-state index < -0.39 is 48.5 Å². The molecule has 7 heterocycles. The number of methoxy groups -OCH3 is 1. The third-order valence-corrected chi connectivity index (χ3v) is 16.8. The first-order chi connectivity index (χ1) is 34.9. The third kappa shape index (κ3) is 11.6. The van der Waals surface area contributed by atoms with Crippen molar-refractivity contribution in [1.29, 1.82) is 0 Å². The number of aromatic nitrogens is 3. The molecule has 18 heteroatoms. The number of morpholine rings is 1. The number of nitrogens with one attached hydrogen (secondary N) is 2. The summed E-state index contributed by atoms with van der Waals surface area (Å²) in [6.45, 7) is 20.0. The molecule has 5 aliphatic rings. The van der Waals surface area contributed by atoms with Crippen molar-refractivity contribution in [3.05, 3.63) is 57.7 Å². The molecule has 6 bridgehead atoms. The van der Waals surface area contributed by atoms with Crippen LogP contribution in [-0.2, 0) is 51.0 Å². The Bertz CT molecular complexity index is 2620. The number of carbonyl (C=O) groups excluding carboxylic acids is 3. The van der Waals surface area contributed by atoms with E-state index in [1.807, 2.05) is 45.3 Å². The molecular weight excluding hydrogens is 957 g/mol. The second-order valence-corrected chi connectivity index (χ2v) is 23.3. The molecule has 1 unspecified atom stereocenters. The van der Waals surface area contributed by atoms with Gasteiger partial charge in [0.1, 0.15) is 29.8 Å². The number of alkyl halides is 2. The summed E-state index contributed by atoms with van der Waals surface area (Å²) in [4.78, 5) is 56.0. The molecule has 398 valence electrons. The summed E-state index contributed by atoms with van der Waals surface area (Å²) in [6, 6.07) is 6.55. The van der Waals surface area contributed by atoms with Crippen molar-refractivity contribution in [2.75, 3.05) is 59.8 Å². The van der Waals surface area contributed by atoms with Crippen molar-refractivity contribution < 1.29 is 46.8 Å². The number of fused-ring (bicyclic) bond motifs is 7. The molecular formula is C55H75F2N7O8S. The number of benzene rings is 1. The minimum absolute atomic E-state index is 0.000224. The Morgan fingerprint density at radius 2 is 1.89 bits per heavy atom. The summed E-state index contributed by atoms with van der Waals surface area (Å²) in [5.41, 5.74) is 9.70. The number of esters is 1. The van der Waals surface area contributed by atoms with Gasteiger partial charge in [-0.15, -0.1) is 11.3 Å². The van der Waals surface area contributed by atoms with E-state index in [1.165, 1.54) is 16.3 Å². The Morgan fingerprint density at radius 3 is 2.63 bits per heavy atom. The van der Waals surface area contributed by atoms with Crippen LogP contribution in [0.1, 0.15) is 121 Å². The minimum Gasteiger partial charge on any atom is -0.464 e. The molecule has 15 nitrogen and oxygen atoms in total. The van der Waals surface area contributed by atoms with Crippen LogP contribution in [0.3, 0.4) is 0 Å². The highest BCUT2D eigenvalue weighted by atomic mass is 32.1. The quantitative estimate of drug-likeness (QED) is 0.116. The average Bonchev–Trinajstić information content (AvgIpc) is 3.67. The van der Waals surface area contributed by atoms with E-state index in [1.54, 1.807) is 7.11 Å². The van der Waals surface area contributed by atoms with E-state index in [0.29, 0.717) is 44.1 Å². The highest BCUT2D eigenvalue weighted by molar-refractivity contribution is 7.10. The molecule has 0 spiro atoms. The van der Waals surface area contributed by atoms with E-state index >= 15 is 0 Å². The topological polar surface area (TPSA) is 159 Å². The molecule has 1 saturated carbocycles. The van der Waals surface area contributed by atoms with Crippen molar-refractivity contribution in [2.24, 2.45) is 29.1 Å². The molecule has 4 aliphatic heterocycles. The maximum Gasteiger partial charge on any atom is 0.324 e. The van der Waals surface area contributed by atoms with Gasteiger partial charge in [0.05, 0.1) is 55.7 Å². The third-order valence-electron chi connectivity index (χ3n) is 15.9. The number of halogens is 2. The zero-order valence-corrected chi connectivity index (χ0v) is 44.8. The van der Waals surface area contributed by atoms with Gasteiger partial charge in [-0.2, -0.15) is 0 Å². The van der Waals surface area contributed by atoms with E-state index in [2.05, 4.69) is 66.1 Å². The number of hydrogen-bond acceptors (Lipinski definition) is 13. The SMILES string of the molecule is CO[C@@H](C)c1ncc([C@@H]2CCN3CCOCC3C2)cc1-c1c2c3cc(ccc3n1CCOC(C)C)-c1csc(n1)[C@@H](OCC(F)F)[C@H](NC(=O)[C@@H]1[C@H](C)[C@@H]1C(C)C)C(=O)N1CCC[C@H](N1)C(=O)OCC(C)(C)C2. The zero-order valence-electron chi connectivity index (χ0n) is 44.0. The number of ether oxygens (including phenoxy) is 5. The normalized spacial score (nSPS) is 27.3.